The molecule has 1 aliphatic rings. The zero-order valence-electron chi connectivity index (χ0n) is 15.0. The van der Waals surface area contributed by atoms with Gasteiger partial charge in [-0.3, -0.25) is 14.4 Å². The number of carbonyl (C=O) groups is 3. The van der Waals surface area contributed by atoms with Gasteiger partial charge in [-0.25, -0.2) is 0 Å². The Morgan fingerprint density at radius 2 is 1.96 bits per heavy atom. The van der Waals surface area contributed by atoms with Crippen LogP contribution in [0.4, 0.5) is 0 Å². The fourth-order valence-electron chi connectivity index (χ4n) is 3.09. The van der Waals surface area contributed by atoms with Gasteiger partial charge in [-0.15, -0.1) is 0 Å². The van der Waals surface area contributed by atoms with Gasteiger partial charge in [-0.2, -0.15) is 0 Å². The average Bonchev–Trinajstić information content (AvgIpc) is 3.34. The normalized spacial score (nSPS) is 14.8. The van der Waals surface area contributed by atoms with E-state index in [9.17, 15) is 14.4 Å². The number of furan rings is 1. The predicted octanol–water partition coefficient (Wildman–Crippen LogP) is 1.88. The monoisotopic (exact) mass is 369 g/mol. The fourth-order valence-corrected chi connectivity index (χ4v) is 3.09. The molecule has 2 N–H and O–H groups in total. The van der Waals surface area contributed by atoms with Gasteiger partial charge in [0, 0.05) is 32.5 Å². The smallest absolute Gasteiger partial charge is 0.286 e. The summed E-state index contributed by atoms with van der Waals surface area (Å²) in [6.07, 6.45) is 2.98. The number of benzene rings is 1. The SMILES string of the molecule is O=C(CCNC(=O)c1ccco1)NC(CN1CCCC1=O)c1ccccc1. The van der Waals surface area contributed by atoms with Crippen LogP contribution in [0.1, 0.15) is 41.4 Å². The summed E-state index contributed by atoms with van der Waals surface area (Å²) < 4.78 is 5.01. The van der Waals surface area contributed by atoms with Crippen molar-refractivity contribution in [2.45, 2.75) is 25.3 Å². The second kappa shape index (κ2) is 9.02. The lowest BCUT2D eigenvalue weighted by molar-refractivity contribution is -0.129. The number of carbonyl (C=O) groups excluding carboxylic acids is 3. The van der Waals surface area contributed by atoms with Crippen LogP contribution in [0.25, 0.3) is 0 Å². The molecule has 1 aromatic heterocycles. The third-order valence-corrected chi connectivity index (χ3v) is 4.49. The topological polar surface area (TPSA) is 91.7 Å². The molecule has 0 aliphatic carbocycles. The van der Waals surface area contributed by atoms with Crippen LogP contribution in [-0.4, -0.2) is 42.3 Å². The van der Waals surface area contributed by atoms with E-state index in [2.05, 4.69) is 10.6 Å². The van der Waals surface area contributed by atoms with Crippen molar-refractivity contribution in [3.8, 4) is 0 Å². The van der Waals surface area contributed by atoms with Crippen molar-refractivity contribution in [2.24, 2.45) is 0 Å². The van der Waals surface area contributed by atoms with Crippen molar-refractivity contribution in [3.05, 3.63) is 60.1 Å². The molecule has 3 rings (SSSR count). The summed E-state index contributed by atoms with van der Waals surface area (Å²) in [6, 6.07) is 12.5. The summed E-state index contributed by atoms with van der Waals surface area (Å²) in [6.45, 7) is 1.38. The molecule has 1 aromatic carbocycles. The van der Waals surface area contributed by atoms with E-state index >= 15 is 0 Å². The summed E-state index contributed by atoms with van der Waals surface area (Å²) in [5.41, 5.74) is 0.949. The van der Waals surface area contributed by atoms with E-state index in [0.29, 0.717) is 13.0 Å². The Hall–Kier alpha value is -3.09. The first-order valence-electron chi connectivity index (χ1n) is 9.07. The second-order valence-electron chi connectivity index (χ2n) is 6.46. The van der Waals surface area contributed by atoms with Crippen LogP contribution in [-0.2, 0) is 9.59 Å². The first kappa shape index (κ1) is 18.7. The van der Waals surface area contributed by atoms with Crippen molar-refractivity contribution >= 4 is 17.7 Å². The van der Waals surface area contributed by atoms with E-state index in [1.54, 1.807) is 17.0 Å². The third kappa shape index (κ3) is 5.20. The zero-order chi connectivity index (χ0) is 19.1. The molecule has 0 spiro atoms. The average molecular weight is 369 g/mol. The highest BCUT2D eigenvalue weighted by Crippen LogP contribution is 2.18. The standard InChI is InChI=1S/C20H23N3O4/c24-18(10-11-21-20(26)17-8-5-13-27-17)22-16(15-6-2-1-3-7-15)14-23-12-4-9-19(23)25/h1-3,5-8,13,16H,4,9-12,14H2,(H,21,26)(H,22,24). The minimum absolute atomic E-state index is 0.121. The van der Waals surface area contributed by atoms with Crippen LogP contribution in [0.15, 0.2) is 53.1 Å². The molecule has 142 valence electrons. The second-order valence-corrected chi connectivity index (χ2v) is 6.46. The summed E-state index contributed by atoms with van der Waals surface area (Å²) in [5, 5.41) is 5.63. The van der Waals surface area contributed by atoms with Crippen LogP contribution in [0.3, 0.4) is 0 Å². The molecule has 1 atom stereocenters. The number of amides is 3. The van der Waals surface area contributed by atoms with Crippen LogP contribution >= 0.6 is 0 Å². The largest absolute Gasteiger partial charge is 0.459 e. The predicted molar refractivity (Wildman–Crippen MR) is 98.8 cm³/mol. The van der Waals surface area contributed by atoms with Gasteiger partial charge >= 0.3 is 0 Å². The molecule has 1 fully saturated rings. The third-order valence-electron chi connectivity index (χ3n) is 4.49. The molecule has 7 nitrogen and oxygen atoms in total. The van der Waals surface area contributed by atoms with Crippen LogP contribution in [0.2, 0.25) is 0 Å². The van der Waals surface area contributed by atoms with E-state index in [-0.39, 0.29) is 42.5 Å². The first-order valence-corrected chi connectivity index (χ1v) is 9.07. The highest BCUT2D eigenvalue weighted by molar-refractivity contribution is 5.91. The van der Waals surface area contributed by atoms with E-state index in [0.717, 1.165) is 18.5 Å². The molecule has 27 heavy (non-hydrogen) atoms. The number of hydrogen-bond donors (Lipinski definition) is 2. The first-order chi connectivity index (χ1) is 13.1. The van der Waals surface area contributed by atoms with Gasteiger partial charge < -0.3 is 20.0 Å². The Kier molecular flexibility index (Phi) is 6.25. The van der Waals surface area contributed by atoms with Crippen LogP contribution in [0.5, 0.6) is 0 Å². The summed E-state index contributed by atoms with van der Waals surface area (Å²) >= 11 is 0. The van der Waals surface area contributed by atoms with Crippen LogP contribution in [0, 0.1) is 0 Å². The van der Waals surface area contributed by atoms with Crippen LogP contribution < -0.4 is 10.6 Å². The zero-order valence-corrected chi connectivity index (χ0v) is 15.0. The van der Waals surface area contributed by atoms with Crippen molar-refractivity contribution in [2.75, 3.05) is 19.6 Å². The molecule has 7 heteroatoms. The molecule has 2 aromatic rings. The highest BCUT2D eigenvalue weighted by atomic mass is 16.3. The minimum atomic E-state index is -0.352. The summed E-state index contributed by atoms with van der Waals surface area (Å²) in [4.78, 5) is 37.9. The molecular weight excluding hydrogens is 346 g/mol. The Morgan fingerprint density at radius 3 is 2.63 bits per heavy atom. The molecular formula is C20H23N3O4. The highest BCUT2D eigenvalue weighted by Gasteiger charge is 2.25. The lowest BCUT2D eigenvalue weighted by Gasteiger charge is -2.25. The van der Waals surface area contributed by atoms with Crippen molar-refractivity contribution in [1.29, 1.82) is 0 Å². The maximum atomic E-state index is 12.4. The van der Waals surface area contributed by atoms with Gasteiger partial charge in [-0.05, 0) is 24.1 Å². The molecule has 3 amide bonds. The van der Waals surface area contributed by atoms with Crippen molar-refractivity contribution < 1.29 is 18.8 Å². The molecule has 1 unspecified atom stereocenters. The van der Waals surface area contributed by atoms with Gasteiger partial charge in [0.05, 0.1) is 12.3 Å². The molecule has 0 bridgehead atoms. The molecule has 1 saturated heterocycles. The molecule has 1 aliphatic heterocycles. The van der Waals surface area contributed by atoms with Gasteiger partial charge in [0.15, 0.2) is 5.76 Å². The fraction of sp³-hybridized carbons (Fsp3) is 0.350. The van der Waals surface area contributed by atoms with E-state index in [1.807, 2.05) is 30.3 Å². The number of likely N-dealkylation sites (tertiary alicyclic amines) is 1. The lowest BCUT2D eigenvalue weighted by Crippen LogP contribution is -2.39. The minimum Gasteiger partial charge on any atom is -0.459 e. The Bertz CT molecular complexity index is 774. The Labute approximate surface area is 157 Å². The van der Waals surface area contributed by atoms with Gasteiger partial charge in [0.2, 0.25) is 11.8 Å². The van der Waals surface area contributed by atoms with E-state index < -0.39 is 0 Å². The maximum absolute atomic E-state index is 12.4. The molecule has 0 radical (unpaired) electrons. The maximum Gasteiger partial charge on any atom is 0.286 e. The van der Waals surface area contributed by atoms with Gasteiger partial charge in [0.1, 0.15) is 0 Å². The molecule has 2 heterocycles. The van der Waals surface area contributed by atoms with E-state index in [1.165, 1.54) is 6.26 Å². The number of nitrogens with one attached hydrogen (secondary N) is 2. The number of nitrogens with zero attached hydrogens (tertiary/aromatic N) is 1. The summed E-state index contributed by atoms with van der Waals surface area (Å²) in [7, 11) is 0. The number of hydrogen-bond acceptors (Lipinski definition) is 4. The van der Waals surface area contributed by atoms with Gasteiger partial charge in [0.25, 0.3) is 5.91 Å². The molecule has 0 saturated carbocycles. The van der Waals surface area contributed by atoms with E-state index in [4.69, 9.17) is 4.42 Å². The van der Waals surface area contributed by atoms with Gasteiger partial charge in [-0.1, -0.05) is 30.3 Å². The Morgan fingerprint density at radius 1 is 1.15 bits per heavy atom. The lowest BCUT2D eigenvalue weighted by atomic mass is 10.1. The Balaban J connectivity index is 1.54. The quantitative estimate of drug-likeness (QED) is 0.743. The van der Waals surface area contributed by atoms with Crippen molar-refractivity contribution in [3.63, 3.8) is 0 Å². The summed E-state index contributed by atoms with van der Waals surface area (Å²) in [5.74, 6) is -0.202. The van der Waals surface area contributed by atoms with Crippen molar-refractivity contribution in [1.82, 2.24) is 15.5 Å². The number of rotatable bonds is 8.